The van der Waals surface area contributed by atoms with Crippen LogP contribution in [0.15, 0.2) is 34.9 Å². The monoisotopic (exact) mass is 314 g/mol. The predicted molar refractivity (Wildman–Crippen MR) is 89.3 cm³/mol. The summed E-state index contributed by atoms with van der Waals surface area (Å²) in [6.07, 6.45) is 3.67. The molecule has 1 aliphatic heterocycles. The second-order valence-corrected chi connectivity index (χ2v) is 6.47. The first kappa shape index (κ1) is 15.7. The zero-order valence-corrected chi connectivity index (χ0v) is 13.8. The van der Waals surface area contributed by atoms with Crippen molar-refractivity contribution in [3.8, 4) is 11.3 Å². The summed E-state index contributed by atoms with van der Waals surface area (Å²) in [5.41, 5.74) is 2.92. The summed E-state index contributed by atoms with van der Waals surface area (Å²) in [5.74, 6) is 0.398. The van der Waals surface area contributed by atoms with Gasteiger partial charge in [0.1, 0.15) is 5.69 Å². The van der Waals surface area contributed by atoms with Crippen molar-refractivity contribution < 1.29 is 14.2 Å². The molecule has 3 rings (SSSR count). The van der Waals surface area contributed by atoms with Gasteiger partial charge in [-0.2, -0.15) is 0 Å². The van der Waals surface area contributed by atoms with E-state index in [1.54, 1.807) is 6.07 Å². The molecule has 5 nitrogen and oxygen atoms in total. The van der Waals surface area contributed by atoms with Crippen LogP contribution >= 0.6 is 0 Å². The molecule has 5 heteroatoms. The summed E-state index contributed by atoms with van der Waals surface area (Å²) in [5, 5.41) is 6.86. The Balaban J connectivity index is 1.60. The van der Waals surface area contributed by atoms with Crippen molar-refractivity contribution in [1.82, 2.24) is 5.16 Å². The first-order valence-corrected chi connectivity index (χ1v) is 8.30. The van der Waals surface area contributed by atoms with E-state index < -0.39 is 0 Å². The van der Waals surface area contributed by atoms with Crippen LogP contribution in [-0.2, 0) is 4.79 Å². The zero-order chi connectivity index (χ0) is 16.2. The van der Waals surface area contributed by atoms with Crippen LogP contribution in [0.2, 0.25) is 0 Å². The third-order valence-corrected chi connectivity index (χ3v) is 4.59. The van der Waals surface area contributed by atoms with E-state index in [0.717, 1.165) is 17.8 Å². The standard InChI is InChI=1S/C18H23N3O2/c1-13-6-8-15(9-7-13)16-11-18(23-20-16)19-17(22)12-21-10-4-3-5-14(21)2/h6-9,11,14H,3-5,10,12H2,1-2H3,(H,19,22)/p+1/t14-/m1/s1. The van der Waals surface area contributed by atoms with Gasteiger partial charge in [-0.3, -0.25) is 10.1 Å². The lowest BCUT2D eigenvalue weighted by Crippen LogP contribution is -3.17. The fraction of sp³-hybridized carbons (Fsp3) is 0.444. The van der Waals surface area contributed by atoms with E-state index >= 15 is 0 Å². The number of nitrogens with one attached hydrogen (secondary N) is 2. The largest absolute Gasteiger partial charge is 0.338 e. The molecule has 1 amide bonds. The number of hydrogen-bond donors (Lipinski definition) is 2. The zero-order valence-electron chi connectivity index (χ0n) is 13.8. The summed E-state index contributed by atoms with van der Waals surface area (Å²) in [7, 11) is 0. The molecule has 1 unspecified atom stereocenters. The number of likely N-dealkylation sites (tertiary alicyclic amines) is 1. The van der Waals surface area contributed by atoms with Crippen LogP contribution in [0.5, 0.6) is 0 Å². The molecule has 0 radical (unpaired) electrons. The number of carbonyl (C=O) groups excluding carboxylic acids is 1. The molecule has 1 fully saturated rings. The molecular formula is C18H24N3O2+. The number of carbonyl (C=O) groups is 1. The van der Waals surface area contributed by atoms with E-state index in [9.17, 15) is 4.79 Å². The summed E-state index contributed by atoms with van der Waals surface area (Å²) < 4.78 is 5.24. The number of hydrogen-bond acceptors (Lipinski definition) is 3. The predicted octanol–water partition coefficient (Wildman–Crippen LogP) is 2.05. The molecule has 122 valence electrons. The fourth-order valence-electron chi connectivity index (χ4n) is 3.10. The maximum Gasteiger partial charge on any atom is 0.281 e. The van der Waals surface area contributed by atoms with Gasteiger partial charge in [0.05, 0.1) is 12.6 Å². The average Bonchev–Trinajstić information content (AvgIpc) is 2.98. The van der Waals surface area contributed by atoms with Gasteiger partial charge in [0, 0.05) is 11.6 Å². The van der Waals surface area contributed by atoms with Crippen molar-refractivity contribution in [2.45, 2.75) is 39.2 Å². The van der Waals surface area contributed by atoms with E-state index in [1.165, 1.54) is 29.7 Å². The van der Waals surface area contributed by atoms with E-state index in [0.29, 0.717) is 18.5 Å². The summed E-state index contributed by atoms with van der Waals surface area (Å²) in [6.45, 7) is 5.81. The number of anilines is 1. The number of quaternary nitrogens is 1. The van der Waals surface area contributed by atoms with Gasteiger partial charge in [-0.25, -0.2) is 0 Å². The lowest BCUT2D eigenvalue weighted by atomic mass is 10.0. The van der Waals surface area contributed by atoms with Crippen LogP contribution in [0.3, 0.4) is 0 Å². The Kier molecular flexibility index (Phi) is 4.76. The van der Waals surface area contributed by atoms with Crippen LogP contribution in [0, 0.1) is 6.92 Å². The first-order valence-electron chi connectivity index (χ1n) is 8.30. The SMILES string of the molecule is Cc1ccc(-c2cc(NC(=O)C[NH+]3CCCC[C@H]3C)on2)cc1. The molecule has 2 aromatic rings. The number of aryl methyl sites for hydroxylation is 1. The van der Waals surface area contributed by atoms with Crippen LogP contribution in [0.25, 0.3) is 11.3 Å². The fourth-order valence-corrected chi connectivity index (χ4v) is 3.10. The van der Waals surface area contributed by atoms with Gasteiger partial charge in [0.25, 0.3) is 5.91 Å². The number of nitrogens with zero attached hydrogens (tertiary/aromatic N) is 1. The molecule has 1 saturated heterocycles. The molecule has 0 saturated carbocycles. The van der Waals surface area contributed by atoms with Gasteiger partial charge in [-0.1, -0.05) is 35.0 Å². The summed E-state index contributed by atoms with van der Waals surface area (Å²) in [6, 6.07) is 10.4. The summed E-state index contributed by atoms with van der Waals surface area (Å²) in [4.78, 5) is 13.6. The van der Waals surface area contributed by atoms with Gasteiger partial charge < -0.3 is 9.42 Å². The Hall–Kier alpha value is -2.14. The van der Waals surface area contributed by atoms with Crippen molar-refractivity contribution in [1.29, 1.82) is 0 Å². The summed E-state index contributed by atoms with van der Waals surface area (Å²) >= 11 is 0. The van der Waals surface area contributed by atoms with Crippen LogP contribution in [0.4, 0.5) is 5.88 Å². The Morgan fingerprint density at radius 2 is 2.13 bits per heavy atom. The minimum atomic E-state index is -0.0136. The Labute approximate surface area is 136 Å². The van der Waals surface area contributed by atoms with Crippen molar-refractivity contribution in [3.63, 3.8) is 0 Å². The minimum absolute atomic E-state index is 0.0136. The van der Waals surface area contributed by atoms with Crippen molar-refractivity contribution in [2.75, 3.05) is 18.4 Å². The Morgan fingerprint density at radius 1 is 1.35 bits per heavy atom. The molecule has 0 aliphatic carbocycles. The van der Waals surface area contributed by atoms with Crippen molar-refractivity contribution >= 4 is 11.8 Å². The number of piperidine rings is 1. The van der Waals surface area contributed by atoms with Crippen molar-refractivity contribution in [3.05, 3.63) is 35.9 Å². The topological polar surface area (TPSA) is 59.6 Å². The molecule has 2 atom stereocenters. The second kappa shape index (κ2) is 6.96. The molecule has 23 heavy (non-hydrogen) atoms. The Bertz CT molecular complexity index is 663. The lowest BCUT2D eigenvalue weighted by molar-refractivity contribution is -0.920. The van der Waals surface area contributed by atoms with E-state index in [1.807, 2.05) is 31.2 Å². The molecule has 2 N–H and O–H groups in total. The number of rotatable bonds is 4. The van der Waals surface area contributed by atoms with Gasteiger partial charge in [0.15, 0.2) is 6.54 Å². The highest BCUT2D eigenvalue weighted by Gasteiger charge is 2.24. The number of aromatic nitrogens is 1. The lowest BCUT2D eigenvalue weighted by Gasteiger charge is -2.29. The maximum absolute atomic E-state index is 12.2. The molecule has 2 heterocycles. The van der Waals surface area contributed by atoms with Gasteiger partial charge in [-0.05, 0) is 33.1 Å². The highest BCUT2D eigenvalue weighted by Crippen LogP contribution is 2.21. The highest BCUT2D eigenvalue weighted by atomic mass is 16.5. The molecular weight excluding hydrogens is 290 g/mol. The molecule has 0 spiro atoms. The van der Waals surface area contributed by atoms with E-state index in [4.69, 9.17) is 4.52 Å². The normalized spacial score (nSPS) is 21.1. The van der Waals surface area contributed by atoms with Crippen LogP contribution in [0.1, 0.15) is 31.7 Å². The smallest absolute Gasteiger partial charge is 0.281 e. The third kappa shape index (κ3) is 3.99. The third-order valence-electron chi connectivity index (χ3n) is 4.59. The highest BCUT2D eigenvalue weighted by molar-refractivity contribution is 5.90. The quantitative estimate of drug-likeness (QED) is 0.908. The molecule has 1 aromatic carbocycles. The van der Waals surface area contributed by atoms with E-state index in [-0.39, 0.29) is 5.91 Å². The van der Waals surface area contributed by atoms with Gasteiger partial charge in [-0.15, -0.1) is 0 Å². The minimum Gasteiger partial charge on any atom is -0.338 e. The molecule has 1 aliphatic rings. The maximum atomic E-state index is 12.2. The van der Waals surface area contributed by atoms with Crippen LogP contribution in [-0.4, -0.2) is 30.2 Å². The molecule has 1 aromatic heterocycles. The Morgan fingerprint density at radius 3 is 2.87 bits per heavy atom. The van der Waals surface area contributed by atoms with Gasteiger partial charge >= 0.3 is 0 Å². The number of amides is 1. The van der Waals surface area contributed by atoms with E-state index in [2.05, 4.69) is 17.4 Å². The number of benzene rings is 1. The molecule has 0 bridgehead atoms. The second-order valence-electron chi connectivity index (χ2n) is 6.47. The van der Waals surface area contributed by atoms with Crippen molar-refractivity contribution in [2.24, 2.45) is 0 Å². The first-order chi connectivity index (χ1) is 11.1. The van der Waals surface area contributed by atoms with Gasteiger partial charge in [0.2, 0.25) is 5.88 Å². The van der Waals surface area contributed by atoms with Crippen LogP contribution < -0.4 is 10.2 Å². The average molecular weight is 314 g/mol.